The van der Waals surface area contributed by atoms with Crippen LogP contribution in [0.5, 0.6) is 0 Å². The van der Waals surface area contributed by atoms with Crippen molar-refractivity contribution in [3.8, 4) is 0 Å². The lowest BCUT2D eigenvalue weighted by Gasteiger charge is -2.20. The second-order valence-electron chi connectivity index (χ2n) is 4.16. The van der Waals surface area contributed by atoms with Gasteiger partial charge in [-0.15, -0.1) is 0 Å². The van der Waals surface area contributed by atoms with Crippen molar-refractivity contribution >= 4 is 11.6 Å². The van der Waals surface area contributed by atoms with Crippen molar-refractivity contribution in [3.05, 3.63) is 34.9 Å². The number of rotatable bonds is 5. The van der Waals surface area contributed by atoms with E-state index in [1.807, 2.05) is 12.1 Å². The summed E-state index contributed by atoms with van der Waals surface area (Å²) in [6, 6.07) is 7.98. The number of hydrogen-bond donors (Lipinski definition) is 1. The van der Waals surface area contributed by atoms with Crippen LogP contribution in [-0.4, -0.2) is 25.0 Å². The van der Waals surface area contributed by atoms with Gasteiger partial charge in [0.1, 0.15) is 0 Å². The van der Waals surface area contributed by atoms with Gasteiger partial charge < -0.3 is 10.6 Å². The summed E-state index contributed by atoms with van der Waals surface area (Å²) < 4.78 is 0. The molecule has 1 unspecified atom stereocenters. The number of halogens is 1. The highest BCUT2D eigenvalue weighted by Gasteiger charge is 2.05. The highest BCUT2D eigenvalue weighted by Crippen LogP contribution is 2.11. The summed E-state index contributed by atoms with van der Waals surface area (Å²) in [5.41, 5.74) is 6.87. The van der Waals surface area contributed by atoms with Crippen LogP contribution in [0, 0.1) is 5.92 Å². The first-order chi connectivity index (χ1) is 7.11. The second kappa shape index (κ2) is 6.11. The van der Waals surface area contributed by atoms with E-state index < -0.39 is 0 Å². The summed E-state index contributed by atoms with van der Waals surface area (Å²) in [5, 5.41) is 0.789. The molecule has 0 saturated carbocycles. The zero-order chi connectivity index (χ0) is 11.3. The van der Waals surface area contributed by atoms with Crippen LogP contribution in [0.25, 0.3) is 0 Å². The zero-order valence-corrected chi connectivity index (χ0v) is 10.2. The van der Waals surface area contributed by atoms with Crippen molar-refractivity contribution < 1.29 is 0 Å². The molecule has 2 nitrogen and oxygen atoms in total. The highest BCUT2D eigenvalue weighted by molar-refractivity contribution is 6.30. The molecule has 0 heterocycles. The van der Waals surface area contributed by atoms with E-state index >= 15 is 0 Å². The molecule has 1 aromatic rings. The van der Waals surface area contributed by atoms with Crippen LogP contribution in [0.4, 0.5) is 0 Å². The summed E-state index contributed by atoms with van der Waals surface area (Å²) >= 11 is 5.82. The first kappa shape index (κ1) is 12.5. The van der Waals surface area contributed by atoms with E-state index in [-0.39, 0.29) is 0 Å². The number of nitrogens with two attached hydrogens (primary N) is 1. The molecule has 0 aromatic heterocycles. The minimum Gasteiger partial charge on any atom is -0.330 e. The van der Waals surface area contributed by atoms with E-state index in [4.69, 9.17) is 17.3 Å². The van der Waals surface area contributed by atoms with E-state index in [0.29, 0.717) is 5.92 Å². The van der Waals surface area contributed by atoms with Gasteiger partial charge in [0.05, 0.1) is 0 Å². The van der Waals surface area contributed by atoms with Crippen molar-refractivity contribution in [3.63, 3.8) is 0 Å². The van der Waals surface area contributed by atoms with Crippen molar-refractivity contribution in [1.29, 1.82) is 0 Å². The third-order valence-electron chi connectivity index (χ3n) is 2.39. The molecule has 0 aliphatic carbocycles. The Morgan fingerprint density at radius 1 is 1.33 bits per heavy atom. The Bertz CT molecular complexity index is 284. The van der Waals surface area contributed by atoms with Crippen molar-refractivity contribution in [2.45, 2.75) is 13.5 Å². The standard InChI is InChI=1S/C12H19ClN2/c1-10(7-14)8-15(2)9-11-3-5-12(13)6-4-11/h3-6,10H,7-9,14H2,1-2H3. The summed E-state index contributed by atoms with van der Waals surface area (Å²) in [7, 11) is 2.11. The summed E-state index contributed by atoms with van der Waals surface area (Å²) in [4.78, 5) is 2.28. The summed E-state index contributed by atoms with van der Waals surface area (Å²) in [6.07, 6.45) is 0. The molecule has 0 bridgehead atoms. The lowest BCUT2D eigenvalue weighted by molar-refractivity contribution is 0.282. The molecule has 1 rings (SSSR count). The average molecular weight is 227 g/mol. The fraction of sp³-hybridized carbons (Fsp3) is 0.500. The van der Waals surface area contributed by atoms with E-state index in [0.717, 1.165) is 24.7 Å². The Morgan fingerprint density at radius 3 is 2.47 bits per heavy atom. The van der Waals surface area contributed by atoms with Crippen LogP contribution in [0.2, 0.25) is 5.02 Å². The fourth-order valence-corrected chi connectivity index (χ4v) is 1.70. The van der Waals surface area contributed by atoms with Gasteiger partial charge in [-0.25, -0.2) is 0 Å². The molecule has 0 fully saturated rings. The SMILES string of the molecule is CC(CN)CN(C)Cc1ccc(Cl)cc1. The Labute approximate surface area is 97.0 Å². The highest BCUT2D eigenvalue weighted by atomic mass is 35.5. The smallest absolute Gasteiger partial charge is 0.0406 e. The van der Waals surface area contributed by atoms with Crippen molar-refractivity contribution in [2.75, 3.05) is 20.1 Å². The van der Waals surface area contributed by atoms with Gasteiger partial charge >= 0.3 is 0 Å². The van der Waals surface area contributed by atoms with E-state index in [9.17, 15) is 0 Å². The molecule has 0 aliphatic heterocycles. The van der Waals surface area contributed by atoms with E-state index in [1.165, 1.54) is 5.56 Å². The minimum absolute atomic E-state index is 0.544. The average Bonchev–Trinajstić information content (AvgIpc) is 2.21. The summed E-state index contributed by atoms with van der Waals surface area (Å²) in [6.45, 7) is 4.88. The molecule has 2 N–H and O–H groups in total. The predicted octanol–water partition coefficient (Wildman–Crippen LogP) is 2.37. The third kappa shape index (κ3) is 4.65. The number of benzene rings is 1. The van der Waals surface area contributed by atoms with Gasteiger partial charge in [-0.2, -0.15) is 0 Å². The maximum Gasteiger partial charge on any atom is 0.0406 e. The lowest BCUT2D eigenvalue weighted by atomic mass is 10.1. The number of nitrogens with zero attached hydrogens (tertiary/aromatic N) is 1. The molecule has 1 atom stereocenters. The number of hydrogen-bond acceptors (Lipinski definition) is 2. The van der Waals surface area contributed by atoms with Gasteiger partial charge in [0.25, 0.3) is 0 Å². The normalized spacial score (nSPS) is 13.1. The lowest BCUT2D eigenvalue weighted by Crippen LogP contribution is -2.28. The molecule has 0 saturated heterocycles. The van der Waals surface area contributed by atoms with Crippen LogP contribution >= 0.6 is 11.6 Å². The second-order valence-corrected chi connectivity index (χ2v) is 4.60. The third-order valence-corrected chi connectivity index (χ3v) is 2.64. The Morgan fingerprint density at radius 2 is 1.93 bits per heavy atom. The van der Waals surface area contributed by atoms with Crippen molar-refractivity contribution in [2.24, 2.45) is 11.7 Å². The zero-order valence-electron chi connectivity index (χ0n) is 9.41. The summed E-state index contributed by atoms with van der Waals surface area (Å²) in [5.74, 6) is 0.544. The fourth-order valence-electron chi connectivity index (χ4n) is 1.57. The molecule has 0 amide bonds. The first-order valence-corrected chi connectivity index (χ1v) is 5.62. The Balaban J connectivity index is 2.44. The molecule has 1 aromatic carbocycles. The molecular formula is C12H19ClN2. The molecule has 0 radical (unpaired) electrons. The maximum absolute atomic E-state index is 5.82. The van der Waals surface area contributed by atoms with Gasteiger partial charge in [0, 0.05) is 18.1 Å². The van der Waals surface area contributed by atoms with Crippen LogP contribution in [-0.2, 0) is 6.54 Å². The van der Waals surface area contributed by atoms with Crippen LogP contribution in [0.1, 0.15) is 12.5 Å². The molecule has 0 aliphatic rings. The topological polar surface area (TPSA) is 29.3 Å². The quantitative estimate of drug-likeness (QED) is 0.836. The van der Waals surface area contributed by atoms with E-state index in [2.05, 4.69) is 31.0 Å². The molecule has 15 heavy (non-hydrogen) atoms. The van der Waals surface area contributed by atoms with Gasteiger partial charge in [0.15, 0.2) is 0 Å². The predicted molar refractivity (Wildman–Crippen MR) is 66.0 cm³/mol. The minimum atomic E-state index is 0.544. The van der Waals surface area contributed by atoms with Crippen LogP contribution in [0.15, 0.2) is 24.3 Å². The molecule has 3 heteroatoms. The van der Waals surface area contributed by atoms with Crippen LogP contribution in [0.3, 0.4) is 0 Å². The first-order valence-electron chi connectivity index (χ1n) is 5.25. The maximum atomic E-state index is 5.82. The van der Waals surface area contributed by atoms with Gasteiger partial charge in [-0.1, -0.05) is 30.7 Å². The molecule has 84 valence electrons. The van der Waals surface area contributed by atoms with E-state index in [1.54, 1.807) is 0 Å². The molecule has 0 spiro atoms. The van der Waals surface area contributed by atoms with Gasteiger partial charge in [-0.3, -0.25) is 0 Å². The molecular weight excluding hydrogens is 208 g/mol. The Hall–Kier alpha value is -0.570. The monoisotopic (exact) mass is 226 g/mol. The van der Waals surface area contributed by atoms with Gasteiger partial charge in [0.2, 0.25) is 0 Å². The van der Waals surface area contributed by atoms with Crippen molar-refractivity contribution in [1.82, 2.24) is 4.90 Å². The Kier molecular flexibility index (Phi) is 5.09. The van der Waals surface area contributed by atoms with Crippen LogP contribution < -0.4 is 5.73 Å². The van der Waals surface area contributed by atoms with Gasteiger partial charge in [-0.05, 0) is 37.2 Å². The largest absolute Gasteiger partial charge is 0.330 e.